The molecule has 0 atom stereocenters. The summed E-state index contributed by atoms with van der Waals surface area (Å²) >= 11 is 0. The van der Waals surface area contributed by atoms with Gasteiger partial charge in [-0.2, -0.15) is 0 Å². The summed E-state index contributed by atoms with van der Waals surface area (Å²) in [7, 11) is 0. The Balaban J connectivity index is 2.59. The van der Waals surface area contributed by atoms with E-state index in [-0.39, 0.29) is 5.75 Å². The van der Waals surface area contributed by atoms with Crippen LogP contribution < -0.4 is 0 Å². The first-order valence-corrected chi connectivity index (χ1v) is 5.80. The van der Waals surface area contributed by atoms with Crippen molar-refractivity contribution >= 4 is 10.9 Å². The third-order valence-electron chi connectivity index (χ3n) is 2.83. The molecule has 2 aromatic rings. The third kappa shape index (κ3) is 2.01. The second-order valence-corrected chi connectivity index (χ2v) is 4.20. The number of rotatable bonds is 3. The van der Waals surface area contributed by atoms with Crippen LogP contribution in [0.1, 0.15) is 31.0 Å². The molecule has 0 amide bonds. The molecule has 1 heterocycles. The first kappa shape index (κ1) is 10.9. The van der Waals surface area contributed by atoms with E-state index >= 15 is 0 Å². The van der Waals surface area contributed by atoms with Crippen LogP contribution in [0.25, 0.3) is 10.9 Å². The van der Waals surface area contributed by atoms with Crippen molar-refractivity contribution in [3.8, 4) is 5.75 Å². The highest BCUT2D eigenvalue weighted by Crippen LogP contribution is 2.26. The van der Waals surface area contributed by atoms with Crippen molar-refractivity contribution in [3.63, 3.8) is 0 Å². The summed E-state index contributed by atoms with van der Waals surface area (Å²) < 4.78 is 0. The molecule has 1 aromatic carbocycles. The molecule has 2 rings (SSSR count). The van der Waals surface area contributed by atoms with E-state index < -0.39 is 0 Å². The molecule has 0 saturated carbocycles. The number of pyridine rings is 1. The van der Waals surface area contributed by atoms with Crippen LogP contribution in [0.2, 0.25) is 0 Å². The van der Waals surface area contributed by atoms with E-state index in [1.807, 2.05) is 19.1 Å². The number of benzene rings is 1. The predicted molar refractivity (Wildman–Crippen MR) is 66.8 cm³/mol. The number of aryl methyl sites for hydroxylation is 2. The molecule has 84 valence electrons. The molecule has 0 unspecified atom stereocenters. The molecule has 0 saturated heterocycles. The van der Waals surface area contributed by atoms with E-state index in [4.69, 9.17) is 0 Å². The molecule has 0 aliphatic carbocycles. The average molecular weight is 215 g/mol. The molecule has 0 bridgehead atoms. The maximum absolute atomic E-state index is 9.78. The minimum atomic E-state index is 0.277. The zero-order valence-corrected chi connectivity index (χ0v) is 9.83. The van der Waals surface area contributed by atoms with Gasteiger partial charge in [-0.3, -0.25) is 0 Å². The van der Waals surface area contributed by atoms with Crippen molar-refractivity contribution in [1.82, 2.24) is 4.98 Å². The monoisotopic (exact) mass is 215 g/mol. The number of phenols is 1. The van der Waals surface area contributed by atoms with E-state index in [2.05, 4.69) is 18.0 Å². The molecule has 2 nitrogen and oxygen atoms in total. The second kappa shape index (κ2) is 4.52. The van der Waals surface area contributed by atoms with Crippen molar-refractivity contribution in [2.75, 3.05) is 0 Å². The Morgan fingerprint density at radius 2 is 2.12 bits per heavy atom. The Hall–Kier alpha value is -1.57. The van der Waals surface area contributed by atoms with Gasteiger partial charge in [-0.25, -0.2) is 4.98 Å². The molecular weight excluding hydrogens is 198 g/mol. The summed E-state index contributed by atoms with van der Waals surface area (Å²) in [5.74, 6) is 0.277. The lowest BCUT2D eigenvalue weighted by Gasteiger charge is -2.08. The Morgan fingerprint density at radius 1 is 1.31 bits per heavy atom. The van der Waals surface area contributed by atoms with Gasteiger partial charge in [0.05, 0.1) is 0 Å². The summed E-state index contributed by atoms with van der Waals surface area (Å²) in [6, 6.07) is 7.73. The van der Waals surface area contributed by atoms with E-state index in [1.165, 1.54) is 18.4 Å². The Kier molecular flexibility index (Phi) is 3.09. The fourth-order valence-corrected chi connectivity index (χ4v) is 2.02. The van der Waals surface area contributed by atoms with Crippen LogP contribution in [0.5, 0.6) is 5.75 Å². The highest BCUT2D eigenvalue weighted by atomic mass is 16.3. The minimum Gasteiger partial charge on any atom is -0.506 e. The van der Waals surface area contributed by atoms with Gasteiger partial charge >= 0.3 is 0 Å². The quantitative estimate of drug-likeness (QED) is 0.848. The highest BCUT2D eigenvalue weighted by Gasteiger charge is 2.06. The third-order valence-corrected chi connectivity index (χ3v) is 2.83. The normalized spacial score (nSPS) is 10.9. The summed E-state index contributed by atoms with van der Waals surface area (Å²) in [4.78, 5) is 4.39. The lowest BCUT2D eigenvalue weighted by atomic mass is 10.0. The maximum Gasteiger partial charge on any atom is 0.141 e. The number of aromatic nitrogens is 1. The number of hydrogen-bond donors (Lipinski definition) is 1. The van der Waals surface area contributed by atoms with Crippen LogP contribution in [-0.4, -0.2) is 10.1 Å². The number of fused-ring (bicyclic) bond motifs is 1. The van der Waals surface area contributed by atoms with E-state index in [1.54, 1.807) is 6.07 Å². The minimum absolute atomic E-state index is 0.277. The molecule has 0 fully saturated rings. The van der Waals surface area contributed by atoms with Gasteiger partial charge in [-0.05, 0) is 37.5 Å². The van der Waals surface area contributed by atoms with Crippen molar-refractivity contribution in [2.24, 2.45) is 0 Å². The zero-order chi connectivity index (χ0) is 11.5. The van der Waals surface area contributed by atoms with Crippen molar-refractivity contribution in [1.29, 1.82) is 0 Å². The number of para-hydroxylation sites is 1. The molecule has 0 aliphatic rings. The van der Waals surface area contributed by atoms with Crippen LogP contribution in [0.3, 0.4) is 0 Å². The van der Waals surface area contributed by atoms with Crippen LogP contribution >= 0.6 is 0 Å². The summed E-state index contributed by atoms with van der Waals surface area (Å²) in [6.07, 6.45) is 3.41. The van der Waals surface area contributed by atoms with Gasteiger partial charge in [-0.15, -0.1) is 0 Å². The fourth-order valence-electron chi connectivity index (χ4n) is 2.02. The van der Waals surface area contributed by atoms with E-state index in [0.29, 0.717) is 0 Å². The Labute approximate surface area is 96.0 Å². The smallest absolute Gasteiger partial charge is 0.141 e. The summed E-state index contributed by atoms with van der Waals surface area (Å²) in [5.41, 5.74) is 2.99. The maximum atomic E-state index is 9.78. The summed E-state index contributed by atoms with van der Waals surface area (Å²) in [6.45, 7) is 4.16. The van der Waals surface area contributed by atoms with Gasteiger partial charge in [0.15, 0.2) is 0 Å². The van der Waals surface area contributed by atoms with Gasteiger partial charge in [0.2, 0.25) is 0 Å². The van der Waals surface area contributed by atoms with Gasteiger partial charge in [-0.1, -0.05) is 25.5 Å². The number of nitrogens with zero attached hydrogens (tertiary/aromatic N) is 1. The molecule has 1 aromatic heterocycles. The van der Waals surface area contributed by atoms with Crippen molar-refractivity contribution in [3.05, 3.63) is 35.5 Å². The zero-order valence-electron chi connectivity index (χ0n) is 9.83. The number of unbranched alkanes of at least 4 members (excludes halogenated alkanes) is 1. The average Bonchev–Trinajstić information content (AvgIpc) is 2.27. The number of hydrogen-bond acceptors (Lipinski definition) is 2. The molecule has 16 heavy (non-hydrogen) atoms. The lowest BCUT2D eigenvalue weighted by Crippen LogP contribution is -1.92. The standard InChI is InChI=1S/C14H17NO/c1-3-4-6-11-9-10(2)15-14-12(11)7-5-8-13(14)16/h5,7-9,16H,3-4,6H2,1-2H3. The van der Waals surface area contributed by atoms with Crippen LogP contribution in [0.4, 0.5) is 0 Å². The molecule has 2 heteroatoms. The van der Waals surface area contributed by atoms with Crippen molar-refractivity contribution < 1.29 is 5.11 Å². The topological polar surface area (TPSA) is 33.1 Å². The second-order valence-electron chi connectivity index (χ2n) is 4.20. The van der Waals surface area contributed by atoms with Crippen LogP contribution in [0, 0.1) is 6.92 Å². The largest absolute Gasteiger partial charge is 0.506 e. The fraction of sp³-hybridized carbons (Fsp3) is 0.357. The number of phenolic OH excluding ortho intramolecular Hbond substituents is 1. The highest BCUT2D eigenvalue weighted by molar-refractivity contribution is 5.87. The predicted octanol–water partition coefficient (Wildman–Crippen LogP) is 3.59. The Bertz CT molecular complexity index is 505. The number of aromatic hydroxyl groups is 1. The molecule has 0 aliphatic heterocycles. The van der Waals surface area contributed by atoms with Gasteiger partial charge in [0.25, 0.3) is 0 Å². The first-order chi connectivity index (χ1) is 7.72. The van der Waals surface area contributed by atoms with Crippen LogP contribution in [0.15, 0.2) is 24.3 Å². The van der Waals surface area contributed by atoms with Crippen molar-refractivity contribution in [2.45, 2.75) is 33.1 Å². The summed E-state index contributed by atoms with van der Waals surface area (Å²) in [5, 5.41) is 10.9. The van der Waals surface area contributed by atoms with Gasteiger partial charge < -0.3 is 5.11 Å². The molecule has 0 radical (unpaired) electrons. The molecule has 1 N–H and O–H groups in total. The molecular formula is C14H17NO. The van der Waals surface area contributed by atoms with Crippen LogP contribution in [-0.2, 0) is 6.42 Å². The van der Waals surface area contributed by atoms with E-state index in [9.17, 15) is 5.11 Å². The first-order valence-electron chi connectivity index (χ1n) is 5.80. The molecule has 0 spiro atoms. The SMILES string of the molecule is CCCCc1cc(C)nc2c(O)cccc12. The van der Waals surface area contributed by atoms with E-state index in [0.717, 1.165) is 23.0 Å². The Morgan fingerprint density at radius 3 is 2.88 bits per heavy atom. The van der Waals surface area contributed by atoms with Gasteiger partial charge in [0.1, 0.15) is 11.3 Å². The van der Waals surface area contributed by atoms with Gasteiger partial charge in [0, 0.05) is 11.1 Å². The lowest BCUT2D eigenvalue weighted by molar-refractivity contribution is 0.480.